The van der Waals surface area contributed by atoms with Crippen molar-refractivity contribution in [2.24, 2.45) is 11.8 Å². The summed E-state index contributed by atoms with van der Waals surface area (Å²) in [6.07, 6.45) is 1.12. The van der Waals surface area contributed by atoms with Gasteiger partial charge in [-0.1, -0.05) is 19.9 Å². The highest BCUT2D eigenvalue weighted by atomic mass is 16.3. The maximum atomic E-state index is 9.35. The van der Waals surface area contributed by atoms with Crippen LogP contribution in [0.3, 0.4) is 0 Å². The van der Waals surface area contributed by atoms with Crippen LogP contribution in [0.1, 0.15) is 13.8 Å². The van der Waals surface area contributed by atoms with E-state index in [0.29, 0.717) is 0 Å². The van der Waals surface area contributed by atoms with Gasteiger partial charge in [0, 0.05) is 5.92 Å². The zero-order valence-electron chi connectivity index (χ0n) is 6.62. The van der Waals surface area contributed by atoms with E-state index in [1.54, 1.807) is 6.08 Å². The first-order valence-electron chi connectivity index (χ1n) is 3.55. The lowest BCUT2D eigenvalue weighted by Gasteiger charge is -2.20. The summed E-state index contributed by atoms with van der Waals surface area (Å²) in [7, 11) is 0. The Morgan fingerprint density at radius 3 is 2.10 bits per heavy atom. The van der Waals surface area contributed by atoms with E-state index in [2.05, 4.69) is 6.58 Å². The molecule has 0 heterocycles. The van der Waals surface area contributed by atoms with Gasteiger partial charge in [0.2, 0.25) is 0 Å². The molecule has 60 valence electrons. The third-order valence-corrected chi connectivity index (χ3v) is 1.64. The molecule has 0 aliphatic carbocycles. The molecule has 0 rings (SSSR count). The Balaban J connectivity index is 3.87. The molecular weight excluding hydrogens is 128 g/mol. The molecule has 0 amide bonds. The van der Waals surface area contributed by atoms with Crippen LogP contribution in [0.2, 0.25) is 0 Å². The van der Waals surface area contributed by atoms with Gasteiger partial charge in [0.15, 0.2) is 0 Å². The Hall–Kier alpha value is -0.340. The highest BCUT2D eigenvalue weighted by Crippen LogP contribution is 2.12. The molecule has 0 saturated carbocycles. The van der Waals surface area contributed by atoms with Crippen molar-refractivity contribution < 1.29 is 10.2 Å². The van der Waals surface area contributed by atoms with Crippen LogP contribution in [0.15, 0.2) is 12.7 Å². The molecular formula is C8H16O2. The third-order valence-electron chi connectivity index (χ3n) is 1.64. The van der Waals surface area contributed by atoms with Gasteiger partial charge < -0.3 is 10.2 Å². The summed E-state index contributed by atoms with van der Waals surface area (Å²) in [6.45, 7) is 7.32. The first-order chi connectivity index (χ1) is 4.63. The van der Waals surface area contributed by atoms with E-state index < -0.39 is 6.10 Å². The van der Waals surface area contributed by atoms with Gasteiger partial charge in [0.05, 0.1) is 12.7 Å². The maximum absolute atomic E-state index is 9.35. The van der Waals surface area contributed by atoms with Crippen molar-refractivity contribution in [1.82, 2.24) is 0 Å². The van der Waals surface area contributed by atoms with Gasteiger partial charge in [0.25, 0.3) is 0 Å². The summed E-state index contributed by atoms with van der Waals surface area (Å²) in [4.78, 5) is 0. The van der Waals surface area contributed by atoms with Gasteiger partial charge in [-0.3, -0.25) is 0 Å². The van der Waals surface area contributed by atoms with Crippen molar-refractivity contribution in [1.29, 1.82) is 0 Å². The van der Waals surface area contributed by atoms with Gasteiger partial charge >= 0.3 is 0 Å². The molecule has 10 heavy (non-hydrogen) atoms. The number of hydrogen-bond acceptors (Lipinski definition) is 2. The van der Waals surface area contributed by atoms with E-state index in [1.165, 1.54) is 0 Å². The highest BCUT2D eigenvalue weighted by Gasteiger charge is 2.17. The second kappa shape index (κ2) is 4.47. The summed E-state index contributed by atoms with van der Waals surface area (Å²) < 4.78 is 0. The summed E-state index contributed by atoms with van der Waals surface area (Å²) in [5.41, 5.74) is 0. The van der Waals surface area contributed by atoms with Crippen molar-refractivity contribution in [2.45, 2.75) is 20.0 Å². The fraction of sp³-hybridized carbons (Fsp3) is 0.750. The van der Waals surface area contributed by atoms with Crippen molar-refractivity contribution in [3.05, 3.63) is 12.7 Å². The zero-order valence-corrected chi connectivity index (χ0v) is 6.62. The SMILES string of the molecule is C=C[C@@H](CO)[C@@H](O)C(C)C. The smallest absolute Gasteiger partial charge is 0.0647 e. The summed E-state index contributed by atoms with van der Waals surface area (Å²) in [6, 6.07) is 0. The largest absolute Gasteiger partial charge is 0.396 e. The summed E-state index contributed by atoms with van der Waals surface area (Å²) in [5, 5.41) is 18.1. The molecule has 0 spiro atoms. The Morgan fingerprint density at radius 1 is 1.50 bits per heavy atom. The Bertz CT molecular complexity index is 99.4. The standard InChI is InChI=1S/C8H16O2/c1-4-7(5-9)8(10)6(2)3/h4,6-10H,1,5H2,2-3H3/t7-,8-/m0/s1. The van der Waals surface area contributed by atoms with E-state index in [9.17, 15) is 5.11 Å². The van der Waals surface area contributed by atoms with Gasteiger partial charge in [-0.25, -0.2) is 0 Å². The fourth-order valence-corrected chi connectivity index (χ4v) is 0.816. The molecule has 0 aliphatic heterocycles. The van der Waals surface area contributed by atoms with Crippen LogP contribution in [-0.4, -0.2) is 22.9 Å². The fourth-order valence-electron chi connectivity index (χ4n) is 0.816. The van der Waals surface area contributed by atoms with E-state index in [1.807, 2.05) is 13.8 Å². The molecule has 0 fully saturated rings. The minimum atomic E-state index is -0.470. The van der Waals surface area contributed by atoms with Crippen LogP contribution in [0, 0.1) is 11.8 Å². The molecule has 0 aromatic rings. The average Bonchev–Trinajstić information content (AvgIpc) is 1.90. The maximum Gasteiger partial charge on any atom is 0.0647 e. The zero-order chi connectivity index (χ0) is 8.15. The molecule has 0 aliphatic rings. The number of rotatable bonds is 4. The minimum absolute atomic E-state index is 0.0250. The van der Waals surface area contributed by atoms with Crippen LogP contribution in [0.5, 0.6) is 0 Å². The van der Waals surface area contributed by atoms with Gasteiger partial charge in [-0.05, 0) is 5.92 Å². The van der Waals surface area contributed by atoms with Crippen LogP contribution >= 0.6 is 0 Å². The quantitative estimate of drug-likeness (QED) is 0.573. The lowest BCUT2D eigenvalue weighted by atomic mass is 9.94. The Morgan fingerprint density at radius 2 is 2.00 bits per heavy atom. The average molecular weight is 144 g/mol. The summed E-state index contributed by atoms with van der Waals surface area (Å²) >= 11 is 0. The van der Waals surface area contributed by atoms with Crippen molar-refractivity contribution >= 4 is 0 Å². The van der Waals surface area contributed by atoms with E-state index in [-0.39, 0.29) is 18.4 Å². The van der Waals surface area contributed by atoms with E-state index >= 15 is 0 Å². The predicted octanol–water partition coefficient (Wildman–Crippen LogP) is 0.798. The Labute approximate surface area is 62.2 Å². The normalized spacial score (nSPS) is 16.9. The van der Waals surface area contributed by atoms with Crippen molar-refractivity contribution in [3.8, 4) is 0 Å². The lowest BCUT2D eigenvalue weighted by Crippen LogP contribution is -2.26. The number of hydrogen-bond donors (Lipinski definition) is 2. The summed E-state index contributed by atoms with van der Waals surface area (Å²) in [5.74, 6) is -0.00449. The molecule has 0 unspecified atom stereocenters. The molecule has 0 aromatic carbocycles. The number of aliphatic hydroxyl groups excluding tert-OH is 2. The van der Waals surface area contributed by atoms with Gasteiger partial charge in [-0.2, -0.15) is 0 Å². The van der Waals surface area contributed by atoms with Crippen molar-refractivity contribution in [2.75, 3.05) is 6.61 Å². The lowest BCUT2D eigenvalue weighted by molar-refractivity contribution is 0.0559. The third kappa shape index (κ3) is 2.50. The molecule has 0 radical (unpaired) electrons. The molecule has 0 aromatic heterocycles. The molecule has 0 saturated heterocycles. The Kier molecular flexibility index (Phi) is 4.32. The molecule has 2 atom stereocenters. The second-order valence-electron chi connectivity index (χ2n) is 2.82. The first kappa shape index (κ1) is 9.66. The van der Waals surface area contributed by atoms with Crippen LogP contribution in [-0.2, 0) is 0 Å². The van der Waals surface area contributed by atoms with E-state index in [0.717, 1.165) is 0 Å². The minimum Gasteiger partial charge on any atom is -0.396 e. The number of aliphatic hydroxyl groups is 2. The van der Waals surface area contributed by atoms with Crippen LogP contribution < -0.4 is 0 Å². The monoisotopic (exact) mass is 144 g/mol. The second-order valence-corrected chi connectivity index (χ2v) is 2.82. The van der Waals surface area contributed by atoms with Crippen LogP contribution in [0.4, 0.5) is 0 Å². The molecule has 2 nitrogen and oxygen atoms in total. The molecule has 0 bridgehead atoms. The predicted molar refractivity (Wildman–Crippen MR) is 41.6 cm³/mol. The first-order valence-corrected chi connectivity index (χ1v) is 3.55. The molecule has 2 N–H and O–H groups in total. The molecule has 2 heteroatoms. The van der Waals surface area contributed by atoms with Crippen LogP contribution in [0.25, 0.3) is 0 Å². The topological polar surface area (TPSA) is 40.5 Å². The van der Waals surface area contributed by atoms with E-state index in [4.69, 9.17) is 5.11 Å². The van der Waals surface area contributed by atoms with Gasteiger partial charge in [-0.15, -0.1) is 6.58 Å². The highest BCUT2D eigenvalue weighted by molar-refractivity contribution is 4.85. The van der Waals surface area contributed by atoms with Crippen molar-refractivity contribution in [3.63, 3.8) is 0 Å². The van der Waals surface area contributed by atoms with Gasteiger partial charge in [0.1, 0.15) is 0 Å².